The molecule has 1 aromatic rings. The number of rotatable bonds is 2. The Morgan fingerprint density at radius 3 is 3.08 bits per heavy atom. The van der Waals surface area contributed by atoms with Gasteiger partial charge in [0.1, 0.15) is 0 Å². The molecule has 0 amide bonds. The molecule has 2 atom stereocenters. The molecule has 1 saturated heterocycles. The van der Waals surface area contributed by atoms with E-state index in [1.807, 2.05) is 17.9 Å². The van der Waals surface area contributed by atoms with E-state index >= 15 is 0 Å². The van der Waals surface area contributed by atoms with Crippen LogP contribution in [0.25, 0.3) is 0 Å². The number of hydrogen-bond donors (Lipinski definition) is 1. The highest BCUT2D eigenvalue weighted by molar-refractivity contribution is 5.10. The molecular formula is C10H17N3. The van der Waals surface area contributed by atoms with Gasteiger partial charge in [-0.2, -0.15) is 5.10 Å². The van der Waals surface area contributed by atoms with E-state index in [4.69, 9.17) is 0 Å². The van der Waals surface area contributed by atoms with E-state index in [9.17, 15) is 0 Å². The molecule has 2 unspecified atom stereocenters. The van der Waals surface area contributed by atoms with E-state index in [1.165, 1.54) is 25.1 Å². The molecule has 0 aromatic carbocycles. The van der Waals surface area contributed by atoms with Gasteiger partial charge in [-0.1, -0.05) is 6.92 Å². The van der Waals surface area contributed by atoms with Crippen molar-refractivity contribution in [3.05, 3.63) is 18.0 Å². The summed E-state index contributed by atoms with van der Waals surface area (Å²) in [7, 11) is 2.01. The number of aromatic nitrogens is 2. The van der Waals surface area contributed by atoms with E-state index in [0.717, 1.165) is 0 Å². The molecule has 0 bridgehead atoms. The Balaban J connectivity index is 2.12. The van der Waals surface area contributed by atoms with E-state index in [1.54, 1.807) is 0 Å². The van der Waals surface area contributed by atoms with Crippen LogP contribution in [-0.2, 0) is 7.05 Å². The minimum atomic E-state index is 0.579. The third-order valence-electron chi connectivity index (χ3n) is 3.03. The first kappa shape index (κ1) is 8.75. The largest absolute Gasteiger partial charge is 0.313 e. The van der Waals surface area contributed by atoms with Crippen molar-refractivity contribution in [1.29, 1.82) is 0 Å². The van der Waals surface area contributed by atoms with Gasteiger partial charge in [-0.15, -0.1) is 0 Å². The first-order chi connectivity index (χ1) is 6.29. The van der Waals surface area contributed by atoms with Gasteiger partial charge in [0, 0.05) is 30.9 Å². The highest BCUT2D eigenvalue weighted by atomic mass is 15.3. The van der Waals surface area contributed by atoms with Crippen LogP contribution in [0.1, 0.15) is 31.4 Å². The Morgan fingerprint density at radius 1 is 1.69 bits per heavy atom. The molecule has 1 N–H and O–H groups in total. The lowest BCUT2D eigenvalue weighted by atomic mass is 9.97. The first-order valence-electron chi connectivity index (χ1n) is 5.00. The lowest BCUT2D eigenvalue weighted by Crippen LogP contribution is -2.28. The Bertz CT molecular complexity index is 273. The fourth-order valence-corrected chi connectivity index (χ4v) is 2.18. The Hall–Kier alpha value is -0.830. The average molecular weight is 179 g/mol. The summed E-state index contributed by atoms with van der Waals surface area (Å²) >= 11 is 0. The molecule has 1 aliphatic rings. The molecule has 1 fully saturated rings. The van der Waals surface area contributed by atoms with Crippen LogP contribution in [0.2, 0.25) is 0 Å². The molecule has 13 heavy (non-hydrogen) atoms. The Morgan fingerprint density at radius 2 is 2.54 bits per heavy atom. The van der Waals surface area contributed by atoms with Crippen LogP contribution in [0.4, 0.5) is 0 Å². The van der Waals surface area contributed by atoms with Crippen molar-refractivity contribution in [2.24, 2.45) is 7.05 Å². The second kappa shape index (κ2) is 3.50. The summed E-state index contributed by atoms with van der Waals surface area (Å²) in [6.07, 6.45) is 4.49. The van der Waals surface area contributed by atoms with Crippen LogP contribution in [0, 0.1) is 0 Å². The minimum Gasteiger partial charge on any atom is -0.313 e. The van der Waals surface area contributed by atoms with Gasteiger partial charge in [-0.25, -0.2) is 0 Å². The standard InChI is InChI=1S/C10H17N3/c1-8(9-4-3-6-11-9)10-5-7-12-13(10)2/h5,7-9,11H,3-4,6H2,1-2H3. The summed E-state index contributed by atoms with van der Waals surface area (Å²) < 4.78 is 1.98. The predicted octanol–water partition coefficient (Wildman–Crippen LogP) is 1.28. The fourth-order valence-electron chi connectivity index (χ4n) is 2.18. The molecule has 3 nitrogen and oxygen atoms in total. The Labute approximate surface area is 79.1 Å². The summed E-state index contributed by atoms with van der Waals surface area (Å²) in [6, 6.07) is 2.76. The van der Waals surface area contributed by atoms with Crippen LogP contribution in [0.15, 0.2) is 12.3 Å². The molecule has 1 aliphatic heterocycles. The normalized spacial score (nSPS) is 24.9. The molecule has 0 spiro atoms. The van der Waals surface area contributed by atoms with Crippen LogP contribution >= 0.6 is 0 Å². The smallest absolute Gasteiger partial charge is 0.0492 e. The zero-order chi connectivity index (χ0) is 9.26. The zero-order valence-corrected chi connectivity index (χ0v) is 8.33. The molecule has 2 rings (SSSR count). The third-order valence-corrected chi connectivity index (χ3v) is 3.03. The summed E-state index contributed by atoms with van der Waals surface area (Å²) in [6.45, 7) is 3.45. The van der Waals surface area contributed by atoms with Gasteiger partial charge in [0.25, 0.3) is 0 Å². The first-order valence-corrected chi connectivity index (χ1v) is 5.00. The summed E-state index contributed by atoms with van der Waals surface area (Å²) in [4.78, 5) is 0. The molecule has 0 radical (unpaired) electrons. The Kier molecular flexibility index (Phi) is 2.36. The van der Waals surface area contributed by atoms with Gasteiger partial charge < -0.3 is 5.32 Å². The van der Waals surface area contributed by atoms with Gasteiger partial charge in [-0.05, 0) is 25.5 Å². The maximum Gasteiger partial charge on any atom is 0.0492 e. The number of aryl methyl sites for hydroxylation is 1. The van der Waals surface area contributed by atoms with Crippen molar-refractivity contribution in [2.75, 3.05) is 6.54 Å². The second-order valence-corrected chi connectivity index (χ2v) is 3.87. The van der Waals surface area contributed by atoms with Gasteiger partial charge in [0.05, 0.1) is 0 Å². The number of nitrogens with one attached hydrogen (secondary N) is 1. The summed E-state index contributed by atoms with van der Waals surface area (Å²) in [5.74, 6) is 0.579. The van der Waals surface area contributed by atoms with E-state index < -0.39 is 0 Å². The quantitative estimate of drug-likeness (QED) is 0.741. The van der Waals surface area contributed by atoms with Gasteiger partial charge in [-0.3, -0.25) is 4.68 Å². The van der Waals surface area contributed by atoms with Crippen LogP contribution in [-0.4, -0.2) is 22.4 Å². The molecule has 72 valence electrons. The van der Waals surface area contributed by atoms with Crippen molar-refractivity contribution in [2.45, 2.75) is 31.7 Å². The van der Waals surface area contributed by atoms with Gasteiger partial charge in [0.15, 0.2) is 0 Å². The van der Waals surface area contributed by atoms with Crippen molar-refractivity contribution in [3.63, 3.8) is 0 Å². The van der Waals surface area contributed by atoms with E-state index in [0.29, 0.717) is 12.0 Å². The second-order valence-electron chi connectivity index (χ2n) is 3.87. The fraction of sp³-hybridized carbons (Fsp3) is 0.700. The van der Waals surface area contributed by atoms with Crippen molar-refractivity contribution < 1.29 is 0 Å². The highest BCUT2D eigenvalue weighted by Gasteiger charge is 2.23. The molecule has 0 aliphatic carbocycles. The number of hydrogen-bond acceptors (Lipinski definition) is 2. The van der Waals surface area contributed by atoms with Crippen LogP contribution < -0.4 is 5.32 Å². The summed E-state index contributed by atoms with van der Waals surface area (Å²) in [5.41, 5.74) is 1.33. The zero-order valence-electron chi connectivity index (χ0n) is 8.33. The lowest BCUT2D eigenvalue weighted by Gasteiger charge is -2.19. The molecule has 3 heteroatoms. The predicted molar refractivity (Wildman–Crippen MR) is 52.6 cm³/mol. The van der Waals surface area contributed by atoms with Crippen LogP contribution in [0.5, 0.6) is 0 Å². The molecular weight excluding hydrogens is 162 g/mol. The van der Waals surface area contributed by atoms with E-state index in [2.05, 4.69) is 23.4 Å². The minimum absolute atomic E-state index is 0.579. The summed E-state index contributed by atoms with van der Waals surface area (Å²) in [5, 5.41) is 7.73. The maximum absolute atomic E-state index is 4.20. The van der Waals surface area contributed by atoms with Crippen molar-refractivity contribution in [3.8, 4) is 0 Å². The number of nitrogens with zero attached hydrogens (tertiary/aromatic N) is 2. The van der Waals surface area contributed by atoms with Gasteiger partial charge in [0.2, 0.25) is 0 Å². The maximum atomic E-state index is 4.20. The third kappa shape index (κ3) is 1.61. The van der Waals surface area contributed by atoms with Crippen LogP contribution in [0.3, 0.4) is 0 Å². The SMILES string of the molecule is CC(c1ccnn1C)C1CCCN1. The highest BCUT2D eigenvalue weighted by Crippen LogP contribution is 2.23. The van der Waals surface area contributed by atoms with Gasteiger partial charge >= 0.3 is 0 Å². The average Bonchev–Trinajstić information content (AvgIpc) is 2.72. The van der Waals surface area contributed by atoms with Crippen molar-refractivity contribution in [1.82, 2.24) is 15.1 Å². The monoisotopic (exact) mass is 179 g/mol. The molecule has 0 saturated carbocycles. The molecule has 2 heterocycles. The van der Waals surface area contributed by atoms with Crippen molar-refractivity contribution >= 4 is 0 Å². The molecule has 1 aromatic heterocycles. The topological polar surface area (TPSA) is 29.9 Å². The lowest BCUT2D eigenvalue weighted by molar-refractivity contribution is 0.489. The van der Waals surface area contributed by atoms with E-state index in [-0.39, 0.29) is 0 Å².